The molecule has 0 radical (unpaired) electrons. The van der Waals surface area contributed by atoms with Crippen molar-refractivity contribution >= 4 is 0 Å². The minimum atomic E-state index is 0.457. The summed E-state index contributed by atoms with van der Waals surface area (Å²) < 4.78 is 5.28. The highest BCUT2D eigenvalue weighted by atomic mass is 16.5. The molecule has 1 fully saturated rings. The Hall–Kier alpha value is -0.900. The molecule has 1 aliphatic carbocycles. The lowest BCUT2D eigenvalue weighted by Crippen LogP contribution is -2.22. The van der Waals surface area contributed by atoms with Crippen LogP contribution in [-0.4, -0.2) is 16.2 Å². The molecule has 0 aliphatic heterocycles. The lowest BCUT2D eigenvalue weighted by molar-refractivity contribution is 0.348. The number of nitrogens with zero attached hydrogens (tertiary/aromatic N) is 2. The number of aromatic nitrogens is 2. The first-order chi connectivity index (χ1) is 7.25. The van der Waals surface area contributed by atoms with Crippen molar-refractivity contribution < 1.29 is 4.52 Å². The van der Waals surface area contributed by atoms with Gasteiger partial charge in [-0.1, -0.05) is 31.8 Å². The third kappa shape index (κ3) is 2.78. The van der Waals surface area contributed by atoms with Crippen LogP contribution in [0.5, 0.6) is 0 Å². The Kier molecular flexibility index (Phi) is 3.36. The van der Waals surface area contributed by atoms with Crippen LogP contribution in [0.3, 0.4) is 0 Å². The molecule has 0 amide bonds. The molecule has 0 atom stereocenters. The molecule has 1 N–H and O–H groups in total. The van der Waals surface area contributed by atoms with Crippen LogP contribution in [0.1, 0.15) is 57.2 Å². The molecule has 15 heavy (non-hydrogen) atoms. The maximum absolute atomic E-state index is 5.28. The molecule has 2 rings (SSSR count). The van der Waals surface area contributed by atoms with E-state index in [9.17, 15) is 0 Å². The monoisotopic (exact) mass is 209 g/mol. The zero-order valence-electron chi connectivity index (χ0n) is 9.49. The van der Waals surface area contributed by atoms with Gasteiger partial charge in [0, 0.05) is 12.0 Å². The van der Waals surface area contributed by atoms with Crippen molar-refractivity contribution in [2.75, 3.05) is 0 Å². The van der Waals surface area contributed by atoms with Gasteiger partial charge in [-0.25, -0.2) is 0 Å². The average Bonchev–Trinajstić information content (AvgIpc) is 2.85. The van der Waals surface area contributed by atoms with Gasteiger partial charge in [-0.2, -0.15) is 4.98 Å². The molecule has 0 aromatic carbocycles. The van der Waals surface area contributed by atoms with Crippen LogP contribution in [0.2, 0.25) is 0 Å². The van der Waals surface area contributed by atoms with E-state index in [0.29, 0.717) is 18.5 Å². The molecular weight excluding hydrogens is 190 g/mol. The van der Waals surface area contributed by atoms with Crippen LogP contribution >= 0.6 is 0 Å². The van der Waals surface area contributed by atoms with Crippen LogP contribution in [0.25, 0.3) is 0 Å². The molecule has 84 valence electrons. The molecule has 1 aromatic heterocycles. The summed E-state index contributed by atoms with van der Waals surface area (Å²) in [4.78, 5) is 4.42. The van der Waals surface area contributed by atoms with E-state index in [1.165, 1.54) is 25.7 Å². The van der Waals surface area contributed by atoms with Gasteiger partial charge < -0.3 is 9.84 Å². The highest BCUT2D eigenvalue weighted by Crippen LogP contribution is 2.32. The summed E-state index contributed by atoms with van der Waals surface area (Å²) in [6.45, 7) is 4.92. The summed E-state index contributed by atoms with van der Waals surface area (Å²) in [5.74, 6) is 2.14. The third-order valence-electron chi connectivity index (χ3n) is 2.86. The second-order valence-corrected chi connectivity index (χ2v) is 4.57. The van der Waals surface area contributed by atoms with Crippen molar-refractivity contribution in [3.63, 3.8) is 0 Å². The van der Waals surface area contributed by atoms with Crippen molar-refractivity contribution in [3.05, 3.63) is 11.7 Å². The fourth-order valence-corrected chi connectivity index (χ4v) is 1.97. The summed E-state index contributed by atoms with van der Waals surface area (Å²) in [6, 6.07) is 0.457. The predicted octanol–water partition coefficient (Wildman–Crippen LogP) is 2.23. The first-order valence-electron chi connectivity index (χ1n) is 5.81. The Morgan fingerprint density at radius 2 is 2.13 bits per heavy atom. The van der Waals surface area contributed by atoms with E-state index in [2.05, 4.69) is 29.3 Å². The lowest BCUT2D eigenvalue weighted by atomic mass is 10.1. The van der Waals surface area contributed by atoms with E-state index in [1.807, 2.05) is 0 Å². The molecule has 1 heterocycles. The molecular formula is C11H19N3O. The van der Waals surface area contributed by atoms with Gasteiger partial charge in [0.05, 0.1) is 6.54 Å². The molecule has 1 saturated carbocycles. The Balaban J connectivity index is 1.91. The maximum Gasteiger partial charge on any atom is 0.229 e. The second-order valence-electron chi connectivity index (χ2n) is 4.57. The standard InChI is InChI=1S/C11H19N3O/c1-8(2)12-7-10-13-11(15-14-10)9-5-3-4-6-9/h8-9,12H,3-7H2,1-2H3. The van der Waals surface area contributed by atoms with Crippen LogP contribution in [-0.2, 0) is 6.54 Å². The smallest absolute Gasteiger partial charge is 0.229 e. The maximum atomic E-state index is 5.28. The summed E-state index contributed by atoms with van der Waals surface area (Å²) in [5, 5.41) is 7.26. The van der Waals surface area contributed by atoms with E-state index in [0.717, 1.165) is 11.7 Å². The van der Waals surface area contributed by atoms with Gasteiger partial charge >= 0.3 is 0 Å². The summed E-state index contributed by atoms with van der Waals surface area (Å²) in [7, 11) is 0. The van der Waals surface area contributed by atoms with Crippen molar-refractivity contribution in [1.29, 1.82) is 0 Å². The van der Waals surface area contributed by atoms with Crippen molar-refractivity contribution in [3.8, 4) is 0 Å². The second kappa shape index (κ2) is 4.75. The molecule has 4 heteroatoms. The Labute approximate surface area is 90.4 Å². The highest BCUT2D eigenvalue weighted by molar-refractivity contribution is 4.96. The van der Waals surface area contributed by atoms with Crippen LogP contribution in [0.4, 0.5) is 0 Å². The highest BCUT2D eigenvalue weighted by Gasteiger charge is 2.22. The molecule has 0 saturated heterocycles. The number of hydrogen-bond acceptors (Lipinski definition) is 4. The molecule has 4 nitrogen and oxygen atoms in total. The van der Waals surface area contributed by atoms with E-state index >= 15 is 0 Å². The van der Waals surface area contributed by atoms with Crippen LogP contribution < -0.4 is 5.32 Å². The van der Waals surface area contributed by atoms with Gasteiger partial charge in [0.2, 0.25) is 5.89 Å². The summed E-state index contributed by atoms with van der Waals surface area (Å²) in [5.41, 5.74) is 0. The molecule has 1 aliphatic rings. The van der Waals surface area contributed by atoms with Gasteiger partial charge in [0.1, 0.15) is 0 Å². The third-order valence-corrected chi connectivity index (χ3v) is 2.86. The van der Waals surface area contributed by atoms with E-state index in [-0.39, 0.29) is 0 Å². The van der Waals surface area contributed by atoms with E-state index in [4.69, 9.17) is 4.52 Å². The molecule has 0 unspecified atom stereocenters. The topological polar surface area (TPSA) is 51.0 Å². The molecule has 1 aromatic rings. The predicted molar refractivity (Wildman–Crippen MR) is 57.5 cm³/mol. The molecule has 0 spiro atoms. The van der Waals surface area contributed by atoms with E-state index < -0.39 is 0 Å². The van der Waals surface area contributed by atoms with Gasteiger partial charge in [-0.15, -0.1) is 0 Å². The summed E-state index contributed by atoms with van der Waals surface area (Å²) >= 11 is 0. The normalized spacial score (nSPS) is 17.8. The first kappa shape index (κ1) is 10.6. The SMILES string of the molecule is CC(C)NCc1noc(C2CCCC2)n1. The Bertz CT molecular complexity index is 303. The number of rotatable bonds is 4. The van der Waals surface area contributed by atoms with Gasteiger partial charge in [0.15, 0.2) is 5.82 Å². The number of nitrogens with one attached hydrogen (secondary N) is 1. The van der Waals surface area contributed by atoms with Gasteiger partial charge in [-0.05, 0) is 12.8 Å². The van der Waals surface area contributed by atoms with Crippen molar-refractivity contribution in [2.24, 2.45) is 0 Å². The van der Waals surface area contributed by atoms with Gasteiger partial charge in [0.25, 0.3) is 0 Å². The number of hydrogen-bond donors (Lipinski definition) is 1. The largest absolute Gasteiger partial charge is 0.339 e. The zero-order chi connectivity index (χ0) is 10.7. The average molecular weight is 209 g/mol. The zero-order valence-corrected chi connectivity index (χ0v) is 9.49. The van der Waals surface area contributed by atoms with Gasteiger partial charge in [-0.3, -0.25) is 0 Å². The first-order valence-corrected chi connectivity index (χ1v) is 5.81. The Morgan fingerprint density at radius 1 is 1.40 bits per heavy atom. The minimum Gasteiger partial charge on any atom is -0.339 e. The molecule has 0 bridgehead atoms. The lowest BCUT2D eigenvalue weighted by Gasteiger charge is -2.03. The fourth-order valence-electron chi connectivity index (χ4n) is 1.97. The summed E-state index contributed by atoms with van der Waals surface area (Å²) in [6.07, 6.45) is 5.01. The Morgan fingerprint density at radius 3 is 2.80 bits per heavy atom. The van der Waals surface area contributed by atoms with Crippen molar-refractivity contribution in [1.82, 2.24) is 15.5 Å². The minimum absolute atomic E-state index is 0.457. The van der Waals surface area contributed by atoms with Crippen molar-refractivity contribution in [2.45, 2.75) is 58.0 Å². The van der Waals surface area contributed by atoms with Crippen LogP contribution in [0, 0.1) is 0 Å². The van der Waals surface area contributed by atoms with E-state index in [1.54, 1.807) is 0 Å². The van der Waals surface area contributed by atoms with Crippen LogP contribution in [0.15, 0.2) is 4.52 Å². The fraction of sp³-hybridized carbons (Fsp3) is 0.818. The quantitative estimate of drug-likeness (QED) is 0.826.